The summed E-state index contributed by atoms with van der Waals surface area (Å²) in [6, 6.07) is 5.88. The van der Waals surface area contributed by atoms with Gasteiger partial charge in [-0.05, 0) is 31.9 Å². The number of rotatable bonds is 4. The molecule has 0 saturated carbocycles. The second-order valence-electron chi connectivity index (χ2n) is 5.08. The second kappa shape index (κ2) is 6.58. The van der Waals surface area contributed by atoms with Gasteiger partial charge in [0.2, 0.25) is 11.8 Å². The third kappa shape index (κ3) is 3.63. The van der Waals surface area contributed by atoms with Crippen LogP contribution in [0.1, 0.15) is 24.5 Å². The number of carbonyl (C=O) groups excluding carboxylic acids is 2. The van der Waals surface area contributed by atoms with Crippen LogP contribution in [0.4, 0.5) is 5.69 Å². The molecule has 1 aromatic rings. The minimum absolute atomic E-state index is 0.00938. The molecular weight excluding hydrogens is 304 g/mol. The van der Waals surface area contributed by atoms with Crippen LogP contribution in [0.2, 0.25) is 0 Å². The Morgan fingerprint density at radius 2 is 2.00 bits per heavy atom. The molecule has 1 N–H and O–H groups in total. The van der Waals surface area contributed by atoms with E-state index in [0.717, 1.165) is 16.8 Å². The highest BCUT2D eigenvalue weighted by molar-refractivity contribution is 8.24. The maximum Gasteiger partial charge on any atom is 0.241 e. The molecule has 0 aliphatic carbocycles. The molecule has 1 aliphatic rings. The SMILES string of the molecule is Cc1cccc(C)c1NC(=O)CCN1C(=O)C(C)SC1=S. The maximum atomic E-state index is 12.1. The summed E-state index contributed by atoms with van der Waals surface area (Å²) >= 11 is 6.53. The van der Waals surface area contributed by atoms with Gasteiger partial charge in [0, 0.05) is 18.7 Å². The number of aryl methyl sites for hydroxylation is 2. The van der Waals surface area contributed by atoms with Crippen LogP contribution >= 0.6 is 24.0 Å². The average Bonchev–Trinajstić information content (AvgIpc) is 2.66. The van der Waals surface area contributed by atoms with E-state index in [1.807, 2.05) is 39.0 Å². The van der Waals surface area contributed by atoms with E-state index in [4.69, 9.17) is 12.2 Å². The lowest BCUT2D eigenvalue weighted by Crippen LogP contribution is -2.33. The van der Waals surface area contributed by atoms with Gasteiger partial charge in [-0.25, -0.2) is 0 Å². The van der Waals surface area contributed by atoms with E-state index < -0.39 is 0 Å². The summed E-state index contributed by atoms with van der Waals surface area (Å²) < 4.78 is 0.562. The van der Waals surface area contributed by atoms with Crippen LogP contribution in [0, 0.1) is 13.8 Å². The number of carbonyl (C=O) groups is 2. The summed E-state index contributed by atoms with van der Waals surface area (Å²) in [5, 5.41) is 2.78. The number of benzene rings is 1. The number of amides is 2. The first-order valence-corrected chi connectivity index (χ1v) is 8.07. The molecule has 112 valence electrons. The van der Waals surface area contributed by atoms with E-state index >= 15 is 0 Å². The minimum Gasteiger partial charge on any atom is -0.326 e. The number of anilines is 1. The van der Waals surface area contributed by atoms with Gasteiger partial charge in [-0.2, -0.15) is 0 Å². The summed E-state index contributed by atoms with van der Waals surface area (Å²) in [6.45, 7) is 6.09. The first-order chi connectivity index (χ1) is 9.90. The van der Waals surface area contributed by atoms with E-state index in [2.05, 4.69) is 5.32 Å². The Morgan fingerprint density at radius 3 is 2.52 bits per heavy atom. The van der Waals surface area contributed by atoms with Crippen LogP contribution in [-0.4, -0.2) is 32.8 Å². The highest BCUT2D eigenvalue weighted by atomic mass is 32.2. The molecule has 4 nitrogen and oxygen atoms in total. The largest absolute Gasteiger partial charge is 0.326 e. The predicted octanol–water partition coefficient (Wildman–Crippen LogP) is 2.88. The summed E-state index contributed by atoms with van der Waals surface area (Å²) in [4.78, 5) is 25.5. The van der Waals surface area contributed by atoms with Crippen molar-refractivity contribution < 1.29 is 9.59 Å². The third-order valence-corrected chi connectivity index (χ3v) is 4.91. The summed E-state index contributed by atoms with van der Waals surface area (Å²) in [5.74, 6) is -0.113. The van der Waals surface area contributed by atoms with Crippen molar-refractivity contribution in [2.45, 2.75) is 32.4 Å². The fourth-order valence-electron chi connectivity index (χ4n) is 2.20. The van der Waals surface area contributed by atoms with E-state index in [-0.39, 0.29) is 23.5 Å². The second-order valence-corrected chi connectivity index (χ2v) is 7.06. The first kappa shape index (κ1) is 16.0. The lowest BCUT2D eigenvalue weighted by atomic mass is 10.1. The third-order valence-electron chi connectivity index (χ3n) is 3.42. The zero-order chi connectivity index (χ0) is 15.6. The molecule has 1 fully saturated rings. The number of thioether (sulfide) groups is 1. The number of nitrogens with one attached hydrogen (secondary N) is 1. The van der Waals surface area contributed by atoms with Gasteiger partial charge in [-0.15, -0.1) is 0 Å². The van der Waals surface area contributed by atoms with Crippen LogP contribution < -0.4 is 5.32 Å². The monoisotopic (exact) mass is 322 g/mol. The fourth-order valence-corrected chi connectivity index (χ4v) is 3.66. The topological polar surface area (TPSA) is 49.4 Å². The van der Waals surface area contributed by atoms with Crippen molar-refractivity contribution in [1.82, 2.24) is 4.90 Å². The summed E-state index contributed by atoms with van der Waals surface area (Å²) in [6.07, 6.45) is 0.243. The molecular formula is C15H18N2O2S2. The predicted molar refractivity (Wildman–Crippen MR) is 90.5 cm³/mol. The molecule has 1 saturated heterocycles. The van der Waals surface area contributed by atoms with Gasteiger partial charge < -0.3 is 5.32 Å². The number of hydrogen-bond donors (Lipinski definition) is 1. The van der Waals surface area contributed by atoms with Crippen LogP contribution in [0.3, 0.4) is 0 Å². The van der Waals surface area contributed by atoms with Crippen LogP contribution in [-0.2, 0) is 9.59 Å². The molecule has 0 radical (unpaired) electrons. The van der Waals surface area contributed by atoms with Crippen molar-refractivity contribution in [2.75, 3.05) is 11.9 Å². The molecule has 1 unspecified atom stereocenters. The molecule has 0 bridgehead atoms. The molecule has 6 heteroatoms. The standard InChI is InChI=1S/C15H18N2O2S2/c1-9-5-4-6-10(2)13(9)16-12(18)7-8-17-14(19)11(3)21-15(17)20/h4-6,11H,7-8H2,1-3H3,(H,16,18). The van der Waals surface area contributed by atoms with E-state index in [1.54, 1.807) is 0 Å². The number of hydrogen-bond acceptors (Lipinski definition) is 4. The Morgan fingerprint density at radius 1 is 1.38 bits per heavy atom. The minimum atomic E-state index is -0.140. The van der Waals surface area contributed by atoms with Crippen molar-refractivity contribution in [3.63, 3.8) is 0 Å². The Bertz CT molecular complexity index is 581. The van der Waals surface area contributed by atoms with Gasteiger partial charge in [0.1, 0.15) is 4.32 Å². The van der Waals surface area contributed by atoms with Crippen molar-refractivity contribution in [3.8, 4) is 0 Å². The van der Waals surface area contributed by atoms with Crippen molar-refractivity contribution in [3.05, 3.63) is 29.3 Å². The zero-order valence-electron chi connectivity index (χ0n) is 12.3. The van der Waals surface area contributed by atoms with Gasteiger partial charge in [0.05, 0.1) is 5.25 Å². The van der Waals surface area contributed by atoms with Crippen LogP contribution in [0.5, 0.6) is 0 Å². The Hall–Kier alpha value is -1.40. The van der Waals surface area contributed by atoms with Gasteiger partial charge in [-0.3, -0.25) is 14.5 Å². The molecule has 2 amide bonds. The van der Waals surface area contributed by atoms with E-state index in [9.17, 15) is 9.59 Å². The van der Waals surface area contributed by atoms with Gasteiger partial charge in [-0.1, -0.05) is 42.2 Å². The van der Waals surface area contributed by atoms with E-state index in [0.29, 0.717) is 10.9 Å². The molecule has 0 spiro atoms. The van der Waals surface area contributed by atoms with Crippen LogP contribution in [0.15, 0.2) is 18.2 Å². The van der Waals surface area contributed by atoms with Crippen molar-refractivity contribution in [1.29, 1.82) is 0 Å². The molecule has 0 aromatic heterocycles. The number of thiocarbonyl (C=S) groups is 1. The number of nitrogens with zero attached hydrogens (tertiary/aromatic N) is 1. The van der Waals surface area contributed by atoms with Crippen LogP contribution in [0.25, 0.3) is 0 Å². The quantitative estimate of drug-likeness (QED) is 0.866. The maximum absolute atomic E-state index is 12.1. The smallest absolute Gasteiger partial charge is 0.241 e. The molecule has 1 aliphatic heterocycles. The number of para-hydroxylation sites is 1. The lowest BCUT2D eigenvalue weighted by Gasteiger charge is -2.16. The zero-order valence-corrected chi connectivity index (χ0v) is 13.9. The average molecular weight is 322 g/mol. The van der Waals surface area contributed by atoms with Gasteiger partial charge >= 0.3 is 0 Å². The van der Waals surface area contributed by atoms with Crippen molar-refractivity contribution in [2.24, 2.45) is 0 Å². The van der Waals surface area contributed by atoms with Gasteiger partial charge in [0.25, 0.3) is 0 Å². The normalized spacial score (nSPS) is 18.2. The Kier molecular flexibility index (Phi) is 5.00. The molecule has 1 atom stereocenters. The summed E-state index contributed by atoms with van der Waals surface area (Å²) in [7, 11) is 0. The molecule has 1 heterocycles. The van der Waals surface area contributed by atoms with Crippen molar-refractivity contribution >= 4 is 45.8 Å². The Labute approximate surface area is 134 Å². The molecule has 2 rings (SSSR count). The highest BCUT2D eigenvalue weighted by Crippen LogP contribution is 2.27. The Balaban J connectivity index is 1.94. The first-order valence-electron chi connectivity index (χ1n) is 6.78. The van der Waals surface area contributed by atoms with Gasteiger partial charge in [0.15, 0.2) is 0 Å². The fraction of sp³-hybridized carbons (Fsp3) is 0.400. The van der Waals surface area contributed by atoms with E-state index in [1.165, 1.54) is 16.7 Å². The highest BCUT2D eigenvalue weighted by Gasteiger charge is 2.33. The molecule has 21 heavy (non-hydrogen) atoms. The molecule has 1 aromatic carbocycles. The lowest BCUT2D eigenvalue weighted by molar-refractivity contribution is -0.126. The summed E-state index contributed by atoms with van der Waals surface area (Å²) in [5.41, 5.74) is 2.90.